The normalized spacial score (nSPS) is 10.8. The molecule has 0 saturated carbocycles. The fraction of sp³-hybridized carbons (Fsp3) is 0.0526. The molecule has 0 bridgehead atoms. The molecule has 0 atom stereocenters. The third-order valence-electron chi connectivity index (χ3n) is 4.03. The molecule has 4 rings (SSSR count). The highest BCUT2D eigenvalue weighted by Gasteiger charge is 2.14. The van der Waals surface area contributed by atoms with Crippen LogP contribution in [-0.2, 0) is 0 Å². The molecule has 2 heterocycles. The number of carbonyl (C=O) groups is 1. The quantitative estimate of drug-likeness (QED) is 0.615. The fourth-order valence-corrected chi connectivity index (χ4v) is 2.77. The Balaban J connectivity index is 1.71. The first kappa shape index (κ1) is 15.9. The summed E-state index contributed by atoms with van der Waals surface area (Å²) in [6.45, 7) is 1.72. The lowest BCUT2D eigenvalue weighted by Gasteiger charge is -2.12. The van der Waals surface area contributed by atoms with Crippen LogP contribution in [-0.4, -0.2) is 25.7 Å². The van der Waals surface area contributed by atoms with E-state index in [1.54, 1.807) is 36.1 Å². The van der Waals surface area contributed by atoms with Crippen LogP contribution >= 0.6 is 0 Å². The first-order valence-electron chi connectivity index (χ1n) is 7.94. The van der Waals surface area contributed by atoms with Crippen molar-refractivity contribution in [3.63, 3.8) is 0 Å². The number of halogens is 1. The van der Waals surface area contributed by atoms with Crippen molar-refractivity contribution in [1.29, 1.82) is 0 Å². The van der Waals surface area contributed by atoms with Crippen molar-refractivity contribution in [2.45, 2.75) is 6.92 Å². The maximum Gasteiger partial charge on any atom is 0.257 e. The van der Waals surface area contributed by atoms with E-state index in [2.05, 4.69) is 20.4 Å². The highest BCUT2D eigenvalue weighted by molar-refractivity contribution is 6.07. The number of carbonyl (C=O) groups excluding carboxylic acids is 1. The van der Waals surface area contributed by atoms with E-state index in [1.807, 2.05) is 18.2 Å². The number of aromatic nitrogens is 4. The predicted octanol–water partition coefficient (Wildman–Crippen LogP) is 3.52. The summed E-state index contributed by atoms with van der Waals surface area (Å²) in [7, 11) is 0. The van der Waals surface area contributed by atoms with Crippen LogP contribution in [0, 0.1) is 12.7 Å². The zero-order valence-corrected chi connectivity index (χ0v) is 13.8. The monoisotopic (exact) mass is 347 g/mol. The zero-order valence-electron chi connectivity index (χ0n) is 13.8. The average Bonchev–Trinajstić information content (AvgIpc) is 3.16. The maximum atomic E-state index is 13.4. The summed E-state index contributed by atoms with van der Waals surface area (Å²) < 4.78 is 14.9. The van der Waals surface area contributed by atoms with Gasteiger partial charge in [-0.3, -0.25) is 9.78 Å². The Hall–Kier alpha value is -3.61. The predicted molar refractivity (Wildman–Crippen MR) is 95.8 cm³/mol. The fourth-order valence-electron chi connectivity index (χ4n) is 2.77. The maximum absolute atomic E-state index is 13.4. The molecule has 0 fully saturated rings. The molecule has 128 valence electrons. The van der Waals surface area contributed by atoms with Gasteiger partial charge in [0, 0.05) is 11.5 Å². The molecule has 0 unspecified atom stereocenters. The van der Waals surface area contributed by atoms with E-state index in [4.69, 9.17) is 0 Å². The summed E-state index contributed by atoms with van der Waals surface area (Å²) in [5.41, 5.74) is 2.77. The number of aryl methyl sites for hydroxylation is 1. The molecule has 0 spiro atoms. The summed E-state index contributed by atoms with van der Waals surface area (Å²) in [6, 6.07) is 13.3. The van der Waals surface area contributed by atoms with Crippen LogP contribution in [0.2, 0.25) is 0 Å². The molecule has 0 aliphatic heterocycles. The van der Waals surface area contributed by atoms with Crippen molar-refractivity contribution >= 4 is 22.5 Å². The lowest BCUT2D eigenvalue weighted by atomic mass is 10.1. The second kappa shape index (κ2) is 6.36. The van der Waals surface area contributed by atoms with Crippen LogP contribution in [0.4, 0.5) is 10.1 Å². The van der Waals surface area contributed by atoms with Crippen LogP contribution in [0.1, 0.15) is 16.1 Å². The molecule has 1 amide bonds. The van der Waals surface area contributed by atoms with Gasteiger partial charge in [0.25, 0.3) is 5.91 Å². The minimum Gasteiger partial charge on any atom is -0.320 e. The number of amides is 1. The van der Waals surface area contributed by atoms with Gasteiger partial charge in [0.05, 0.1) is 28.1 Å². The van der Waals surface area contributed by atoms with E-state index < -0.39 is 0 Å². The third-order valence-corrected chi connectivity index (χ3v) is 4.03. The van der Waals surface area contributed by atoms with Crippen LogP contribution in [0.5, 0.6) is 0 Å². The highest BCUT2D eigenvalue weighted by atomic mass is 19.1. The van der Waals surface area contributed by atoms with Crippen molar-refractivity contribution in [2.75, 3.05) is 5.32 Å². The molecule has 2 aromatic heterocycles. The minimum atomic E-state index is -0.358. The van der Waals surface area contributed by atoms with Crippen molar-refractivity contribution in [3.8, 4) is 5.69 Å². The molecule has 0 radical (unpaired) electrons. The Morgan fingerprint density at radius 1 is 1.15 bits per heavy atom. The van der Waals surface area contributed by atoms with Gasteiger partial charge in [0.2, 0.25) is 0 Å². The standard InChI is InChI=1S/C19H14FN5O/c1-12-15(8-13-6-7-14(20)9-17(13)23-12)19(26)24-16-4-2-3-5-18(16)25-11-21-10-22-25/h2-11H,1H3,(H,24,26). The van der Waals surface area contributed by atoms with Crippen molar-refractivity contribution in [1.82, 2.24) is 19.7 Å². The van der Waals surface area contributed by atoms with E-state index in [0.29, 0.717) is 33.5 Å². The second-order valence-corrected chi connectivity index (χ2v) is 5.77. The Morgan fingerprint density at radius 2 is 2.00 bits per heavy atom. The van der Waals surface area contributed by atoms with Gasteiger partial charge in [-0.25, -0.2) is 14.1 Å². The smallest absolute Gasteiger partial charge is 0.257 e. The van der Waals surface area contributed by atoms with E-state index in [9.17, 15) is 9.18 Å². The van der Waals surface area contributed by atoms with Gasteiger partial charge < -0.3 is 5.32 Å². The Kier molecular flexibility index (Phi) is 3.89. The van der Waals surface area contributed by atoms with Gasteiger partial charge in [0.1, 0.15) is 18.5 Å². The Bertz CT molecular complexity index is 1110. The van der Waals surface area contributed by atoms with Gasteiger partial charge in [-0.15, -0.1) is 0 Å². The summed E-state index contributed by atoms with van der Waals surface area (Å²) in [5, 5.41) is 7.69. The lowest BCUT2D eigenvalue weighted by Crippen LogP contribution is -2.16. The molecule has 6 nitrogen and oxygen atoms in total. The largest absolute Gasteiger partial charge is 0.320 e. The molecule has 1 N–H and O–H groups in total. The number of rotatable bonds is 3. The van der Waals surface area contributed by atoms with Gasteiger partial charge >= 0.3 is 0 Å². The highest BCUT2D eigenvalue weighted by Crippen LogP contribution is 2.22. The van der Waals surface area contributed by atoms with Crippen LogP contribution in [0.15, 0.2) is 61.2 Å². The van der Waals surface area contributed by atoms with Gasteiger partial charge in [-0.1, -0.05) is 12.1 Å². The number of nitrogens with zero attached hydrogens (tertiary/aromatic N) is 4. The molecule has 7 heteroatoms. The molecule has 0 aliphatic carbocycles. The number of nitrogens with one attached hydrogen (secondary N) is 1. The van der Waals surface area contributed by atoms with Crippen LogP contribution < -0.4 is 5.32 Å². The van der Waals surface area contributed by atoms with Crippen molar-refractivity contribution in [2.24, 2.45) is 0 Å². The molecular weight excluding hydrogens is 333 g/mol. The first-order valence-corrected chi connectivity index (χ1v) is 7.94. The molecule has 0 saturated heterocycles. The molecular formula is C19H14FN5O. The number of hydrogen-bond acceptors (Lipinski definition) is 4. The van der Waals surface area contributed by atoms with E-state index in [0.717, 1.165) is 0 Å². The van der Waals surface area contributed by atoms with Crippen LogP contribution in [0.25, 0.3) is 16.6 Å². The summed E-state index contributed by atoms with van der Waals surface area (Å²) >= 11 is 0. The second-order valence-electron chi connectivity index (χ2n) is 5.77. The molecule has 2 aromatic carbocycles. The van der Waals surface area contributed by atoms with Gasteiger partial charge in [-0.05, 0) is 37.3 Å². The zero-order chi connectivity index (χ0) is 18.1. The Morgan fingerprint density at radius 3 is 2.81 bits per heavy atom. The van der Waals surface area contributed by atoms with E-state index >= 15 is 0 Å². The first-order chi connectivity index (χ1) is 12.6. The summed E-state index contributed by atoms with van der Waals surface area (Å²) in [6.07, 6.45) is 2.98. The lowest BCUT2D eigenvalue weighted by molar-refractivity contribution is 0.102. The van der Waals surface area contributed by atoms with Crippen molar-refractivity contribution < 1.29 is 9.18 Å². The Labute approximate surface area is 148 Å². The third kappa shape index (κ3) is 2.90. The van der Waals surface area contributed by atoms with E-state index in [1.165, 1.54) is 18.5 Å². The van der Waals surface area contributed by atoms with Gasteiger partial charge in [-0.2, -0.15) is 5.10 Å². The van der Waals surface area contributed by atoms with Crippen molar-refractivity contribution in [3.05, 3.63) is 78.3 Å². The van der Waals surface area contributed by atoms with E-state index in [-0.39, 0.29) is 11.7 Å². The SMILES string of the molecule is Cc1nc2cc(F)ccc2cc1C(=O)Nc1ccccc1-n1cncn1. The number of pyridine rings is 1. The molecule has 0 aliphatic rings. The van der Waals surface area contributed by atoms with Gasteiger partial charge in [0.15, 0.2) is 0 Å². The number of hydrogen-bond donors (Lipinski definition) is 1. The number of anilines is 1. The number of fused-ring (bicyclic) bond motifs is 1. The molecule has 4 aromatic rings. The number of para-hydroxylation sites is 2. The average molecular weight is 347 g/mol. The number of benzene rings is 2. The minimum absolute atomic E-state index is 0.297. The molecule has 26 heavy (non-hydrogen) atoms. The topological polar surface area (TPSA) is 72.7 Å². The summed E-state index contributed by atoms with van der Waals surface area (Å²) in [4.78, 5) is 21.1. The summed E-state index contributed by atoms with van der Waals surface area (Å²) in [5.74, 6) is -0.655. The van der Waals surface area contributed by atoms with Crippen LogP contribution in [0.3, 0.4) is 0 Å².